The number of piperazine rings is 1. The van der Waals surface area contributed by atoms with Crippen LogP contribution in [0.1, 0.15) is 0 Å². The van der Waals surface area contributed by atoms with Gasteiger partial charge in [0, 0.05) is 26.2 Å². The molecule has 0 bridgehead atoms. The lowest BCUT2D eigenvalue weighted by Crippen LogP contribution is -2.40. The fraction of sp³-hybridized carbons (Fsp3) is 1.00. The molecule has 0 radical (unpaired) electrons. The largest absolute Gasteiger partial charge is 0.394 e. The van der Waals surface area contributed by atoms with Crippen LogP contribution in [-0.2, 0) is 10.4 Å². The number of hydrogen-bond acceptors (Lipinski definition) is 4. The minimum atomic E-state index is -4.67. The Labute approximate surface area is 72.1 Å². The summed E-state index contributed by atoms with van der Waals surface area (Å²) in [6, 6.07) is 0. The third-order valence-corrected chi connectivity index (χ3v) is 1.34. The van der Waals surface area contributed by atoms with E-state index in [0.29, 0.717) is 0 Å². The van der Waals surface area contributed by atoms with E-state index in [9.17, 15) is 0 Å². The molecule has 0 amide bonds. The van der Waals surface area contributed by atoms with Crippen LogP contribution in [0.15, 0.2) is 0 Å². The molecule has 0 saturated carbocycles. The van der Waals surface area contributed by atoms with Gasteiger partial charge < -0.3 is 10.2 Å². The second-order valence-corrected chi connectivity index (χ2v) is 3.40. The maximum absolute atomic E-state index is 8.74. The molecule has 0 aliphatic carbocycles. The molecule has 0 spiro atoms. The van der Waals surface area contributed by atoms with Crippen LogP contribution in [0.2, 0.25) is 0 Å². The van der Waals surface area contributed by atoms with E-state index >= 15 is 0 Å². The smallest absolute Gasteiger partial charge is 0.314 e. The number of nitrogens with one attached hydrogen (secondary N) is 1. The third kappa shape index (κ3) is 12.5. The number of likely N-dealkylation sites (N-methyl/N-ethyl adjacent to an activating group) is 1. The van der Waals surface area contributed by atoms with E-state index in [0.717, 1.165) is 13.1 Å². The van der Waals surface area contributed by atoms with Crippen molar-refractivity contribution in [2.24, 2.45) is 0 Å². The van der Waals surface area contributed by atoms with Gasteiger partial charge in [-0.2, -0.15) is 8.42 Å². The Morgan fingerprint density at radius 2 is 1.58 bits per heavy atom. The summed E-state index contributed by atoms with van der Waals surface area (Å²) in [5, 5.41) is 3.27. The van der Waals surface area contributed by atoms with Crippen molar-refractivity contribution >= 4 is 10.4 Å². The molecule has 1 heterocycles. The highest BCUT2D eigenvalue weighted by molar-refractivity contribution is 7.79. The van der Waals surface area contributed by atoms with Crippen LogP contribution in [-0.4, -0.2) is 55.6 Å². The van der Waals surface area contributed by atoms with E-state index in [1.165, 1.54) is 13.1 Å². The van der Waals surface area contributed by atoms with Crippen molar-refractivity contribution in [2.45, 2.75) is 0 Å². The zero-order valence-electron chi connectivity index (χ0n) is 6.89. The summed E-state index contributed by atoms with van der Waals surface area (Å²) in [7, 11) is -2.51. The minimum absolute atomic E-state index is 1.16. The van der Waals surface area contributed by atoms with Gasteiger partial charge in [0.1, 0.15) is 0 Å². The molecule has 0 aromatic rings. The predicted molar refractivity (Wildman–Crippen MR) is 44.5 cm³/mol. The quantitative estimate of drug-likeness (QED) is 0.427. The SMILES string of the molecule is CN1CCNCC1.O=S(=O)(O)O. The summed E-state index contributed by atoms with van der Waals surface area (Å²) in [6.45, 7) is 4.74. The second kappa shape index (κ2) is 5.44. The topological polar surface area (TPSA) is 89.9 Å². The molecule has 1 aliphatic heterocycles. The molecule has 0 aromatic heterocycles. The first kappa shape index (κ1) is 11.8. The average molecular weight is 198 g/mol. The van der Waals surface area contributed by atoms with Crippen LogP contribution in [0.25, 0.3) is 0 Å². The van der Waals surface area contributed by atoms with Crippen LogP contribution >= 0.6 is 0 Å². The van der Waals surface area contributed by atoms with Gasteiger partial charge in [-0.3, -0.25) is 9.11 Å². The predicted octanol–water partition coefficient (Wildman–Crippen LogP) is -1.13. The zero-order valence-corrected chi connectivity index (χ0v) is 7.71. The number of nitrogens with zero attached hydrogens (tertiary/aromatic N) is 1. The van der Waals surface area contributed by atoms with E-state index < -0.39 is 10.4 Å². The normalized spacial score (nSPS) is 19.6. The standard InChI is InChI=1S/C5H12N2.H2O4S/c1-7-4-2-6-3-5-7;1-5(2,3)4/h6H,2-5H2,1H3;(H2,1,2,3,4). The third-order valence-electron chi connectivity index (χ3n) is 1.34. The molecule has 6 nitrogen and oxygen atoms in total. The van der Waals surface area contributed by atoms with Crippen LogP contribution < -0.4 is 5.32 Å². The van der Waals surface area contributed by atoms with Gasteiger partial charge >= 0.3 is 10.4 Å². The first-order chi connectivity index (χ1) is 5.39. The highest BCUT2D eigenvalue weighted by Gasteiger charge is 2.01. The molecule has 12 heavy (non-hydrogen) atoms. The maximum atomic E-state index is 8.74. The van der Waals surface area contributed by atoms with E-state index in [1.54, 1.807) is 0 Å². The molecule has 1 aliphatic rings. The van der Waals surface area contributed by atoms with E-state index in [1.807, 2.05) is 0 Å². The van der Waals surface area contributed by atoms with Crippen LogP contribution in [0, 0.1) is 0 Å². The number of rotatable bonds is 0. The van der Waals surface area contributed by atoms with Gasteiger partial charge in [0.25, 0.3) is 0 Å². The summed E-state index contributed by atoms with van der Waals surface area (Å²) in [4.78, 5) is 2.33. The van der Waals surface area contributed by atoms with Crippen molar-refractivity contribution in [2.75, 3.05) is 33.2 Å². The zero-order chi connectivity index (χ0) is 9.61. The summed E-state index contributed by atoms with van der Waals surface area (Å²) in [6.07, 6.45) is 0. The first-order valence-electron chi connectivity index (χ1n) is 3.49. The van der Waals surface area contributed by atoms with Gasteiger partial charge in [-0.25, -0.2) is 0 Å². The Morgan fingerprint density at radius 1 is 1.25 bits per heavy atom. The Bertz CT molecular complexity index is 189. The molecule has 1 rings (SSSR count). The molecule has 7 heteroatoms. The Kier molecular flexibility index (Phi) is 5.34. The van der Waals surface area contributed by atoms with Gasteiger partial charge in [-0.05, 0) is 7.05 Å². The lowest BCUT2D eigenvalue weighted by Gasteiger charge is -2.21. The molecule has 3 N–H and O–H groups in total. The van der Waals surface area contributed by atoms with Crippen molar-refractivity contribution in [1.82, 2.24) is 10.2 Å². The molecule has 74 valence electrons. The fourth-order valence-electron chi connectivity index (χ4n) is 0.777. The van der Waals surface area contributed by atoms with Crippen LogP contribution in [0.3, 0.4) is 0 Å². The monoisotopic (exact) mass is 198 g/mol. The van der Waals surface area contributed by atoms with Gasteiger partial charge in [0.2, 0.25) is 0 Å². The van der Waals surface area contributed by atoms with Gasteiger partial charge in [-0.1, -0.05) is 0 Å². The second-order valence-electron chi connectivity index (χ2n) is 2.50. The molecule has 0 atom stereocenters. The average Bonchev–Trinajstić information content (AvgIpc) is 1.85. The van der Waals surface area contributed by atoms with Gasteiger partial charge in [0.15, 0.2) is 0 Å². The van der Waals surface area contributed by atoms with Crippen molar-refractivity contribution in [3.8, 4) is 0 Å². The Morgan fingerprint density at radius 3 is 1.75 bits per heavy atom. The Hall–Kier alpha value is -0.210. The highest BCUT2D eigenvalue weighted by Crippen LogP contribution is 1.83. The molecule has 0 aromatic carbocycles. The molecular formula is C5H14N2O4S. The van der Waals surface area contributed by atoms with Crippen LogP contribution in [0.5, 0.6) is 0 Å². The summed E-state index contributed by atoms with van der Waals surface area (Å²) >= 11 is 0. The van der Waals surface area contributed by atoms with Crippen molar-refractivity contribution in [1.29, 1.82) is 0 Å². The molecule has 1 saturated heterocycles. The molecular weight excluding hydrogens is 184 g/mol. The van der Waals surface area contributed by atoms with Gasteiger partial charge in [0.05, 0.1) is 0 Å². The van der Waals surface area contributed by atoms with Crippen molar-refractivity contribution < 1.29 is 17.5 Å². The maximum Gasteiger partial charge on any atom is 0.394 e. The Balaban J connectivity index is 0.000000217. The highest BCUT2D eigenvalue weighted by atomic mass is 32.3. The molecule has 0 unspecified atom stereocenters. The number of hydrogen-bond donors (Lipinski definition) is 3. The van der Waals surface area contributed by atoms with Crippen molar-refractivity contribution in [3.05, 3.63) is 0 Å². The summed E-state index contributed by atoms with van der Waals surface area (Å²) < 4.78 is 31.6. The van der Waals surface area contributed by atoms with Gasteiger partial charge in [-0.15, -0.1) is 0 Å². The van der Waals surface area contributed by atoms with E-state index in [-0.39, 0.29) is 0 Å². The summed E-state index contributed by atoms with van der Waals surface area (Å²) in [5.74, 6) is 0. The minimum Gasteiger partial charge on any atom is -0.314 e. The van der Waals surface area contributed by atoms with Crippen molar-refractivity contribution in [3.63, 3.8) is 0 Å². The lowest BCUT2D eigenvalue weighted by molar-refractivity contribution is 0.291. The first-order valence-corrected chi connectivity index (χ1v) is 4.88. The van der Waals surface area contributed by atoms with E-state index in [4.69, 9.17) is 17.5 Å². The lowest BCUT2D eigenvalue weighted by atomic mass is 10.4. The van der Waals surface area contributed by atoms with Crippen LogP contribution in [0.4, 0.5) is 0 Å². The molecule has 1 fully saturated rings. The fourth-order valence-corrected chi connectivity index (χ4v) is 0.777. The van der Waals surface area contributed by atoms with E-state index in [2.05, 4.69) is 17.3 Å². The summed E-state index contributed by atoms with van der Waals surface area (Å²) in [5.41, 5.74) is 0.